The van der Waals surface area contributed by atoms with E-state index in [0.29, 0.717) is 6.42 Å². The van der Waals surface area contributed by atoms with Crippen LogP contribution in [-0.2, 0) is 57.3 Å². The third-order valence-electron chi connectivity index (χ3n) is 7.05. The number of carbonyl (C=O) groups is 8. The molecular formula is C28H42N4O12. The number of ether oxygens (including phenoxy) is 4. The van der Waals surface area contributed by atoms with Crippen molar-refractivity contribution in [3.05, 3.63) is 0 Å². The van der Waals surface area contributed by atoms with Crippen molar-refractivity contribution in [1.29, 1.82) is 0 Å². The summed E-state index contributed by atoms with van der Waals surface area (Å²) < 4.78 is 21.7. The fourth-order valence-electron chi connectivity index (χ4n) is 5.58. The molecule has 44 heavy (non-hydrogen) atoms. The average molecular weight is 627 g/mol. The quantitative estimate of drug-likeness (QED) is 0.175. The summed E-state index contributed by atoms with van der Waals surface area (Å²) in [5.74, 6) is -6.16. The summed E-state index contributed by atoms with van der Waals surface area (Å²) >= 11 is 0. The van der Waals surface area contributed by atoms with Gasteiger partial charge in [-0.1, -0.05) is 13.8 Å². The third kappa shape index (κ3) is 9.91. The van der Waals surface area contributed by atoms with Gasteiger partial charge in [0.25, 0.3) is 5.91 Å². The van der Waals surface area contributed by atoms with Gasteiger partial charge in [0.2, 0.25) is 17.7 Å². The van der Waals surface area contributed by atoms with Gasteiger partial charge in [-0.25, -0.2) is 0 Å². The van der Waals surface area contributed by atoms with Gasteiger partial charge in [0.15, 0.2) is 11.7 Å². The minimum Gasteiger partial charge on any atom is -0.458 e. The van der Waals surface area contributed by atoms with Crippen LogP contribution in [0.3, 0.4) is 0 Å². The van der Waals surface area contributed by atoms with Gasteiger partial charge in [-0.05, 0) is 25.2 Å². The van der Waals surface area contributed by atoms with Gasteiger partial charge in [0.1, 0.15) is 24.3 Å². The smallest absolute Gasteiger partial charge is 0.303 e. The Morgan fingerprint density at radius 1 is 0.864 bits per heavy atom. The van der Waals surface area contributed by atoms with Gasteiger partial charge in [0.05, 0.1) is 6.54 Å². The molecule has 0 aromatic rings. The highest BCUT2D eigenvalue weighted by atomic mass is 16.6. The van der Waals surface area contributed by atoms with Crippen molar-refractivity contribution >= 4 is 47.5 Å². The number of nitrogens with two attached hydrogens (primary N) is 1. The van der Waals surface area contributed by atoms with E-state index in [-0.39, 0.29) is 25.3 Å². The number of esters is 4. The van der Waals surface area contributed by atoms with Gasteiger partial charge in [-0.3, -0.25) is 38.4 Å². The van der Waals surface area contributed by atoms with Crippen molar-refractivity contribution in [3.8, 4) is 0 Å². The number of amides is 4. The molecule has 16 heteroatoms. The molecule has 4 amide bonds. The van der Waals surface area contributed by atoms with Crippen LogP contribution >= 0.6 is 0 Å². The second-order valence-corrected chi connectivity index (χ2v) is 11.4. The number of hydrogen-bond donors (Lipinski definition) is 3. The van der Waals surface area contributed by atoms with E-state index in [4.69, 9.17) is 24.7 Å². The maximum Gasteiger partial charge on any atom is 0.303 e. The zero-order valence-electron chi connectivity index (χ0n) is 25.8. The summed E-state index contributed by atoms with van der Waals surface area (Å²) in [7, 11) is 0. The molecule has 4 N–H and O–H groups in total. The van der Waals surface area contributed by atoms with Crippen LogP contribution in [0.25, 0.3) is 0 Å². The zero-order valence-corrected chi connectivity index (χ0v) is 25.8. The summed E-state index contributed by atoms with van der Waals surface area (Å²) in [6, 6.07) is -2.12. The van der Waals surface area contributed by atoms with E-state index >= 15 is 0 Å². The molecular weight excluding hydrogens is 584 g/mol. The molecule has 1 heterocycles. The van der Waals surface area contributed by atoms with Gasteiger partial charge in [-0.2, -0.15) is 0 Å². The lowest BCUT2D eigenvalue weighted by Crippen LogP contribution is -2.64. The van der Waals surface area contributed by atoms with Crippen LogP contribution in [0.15, 0.2) is 0 Å². The predicted molar refractivity (Wildman–Crippen MR) is 149 cm³/mol. The number of likely N-dealkylation sites (tertiary alicyclic amines) is 1. The standard InChI is InChI=1S/C28H42N4O12/c1-14(2)10-19(25(38)30-13-23(29)37)31-26(39)20-8-7-9-32(20)27(40)28(44-18(6)36)11-21(41-15(3)33)24(43-17(5)35)22(12-28)42-16(4)34/h14,19-22,24H,7-13H2,1-6H3,(H2,29,37)(H,30,38)(H,31,39)/t19-,20-,21+,22+,24?,28?/m1/s1. The second kappa shape index (κ2) is 15.5. The van der Waals surface area contributed by atoms with E-state index in [1.807, 2.05) is 13.8 Å². The lowest BCUT2D eigenvalue weighted by molar-refractivity contribution is -0.218. The van der Waals surface area contributed by atoms with Gasteiger partial charge in [-0.15, -0.1) is 0 Å². The lowest BCUT2D eigenvalue weighted by atomic mass is 9.77. The van der Waals surface area contributed by atoms with Crippen LogP contribution in [0.1, 0.15) is 73.6 Å². The molecule has 2 fully saturated rings. The van der Waals surface area contributed by atoms with E-state index in [1.54, 1.807) is 0 Å². The van der Waals surface area contributed by atoms with E-state index in [0.717, 1.165) is 27.7 Å². The highest BCUT2D eigenvalue weighted by Gasteiger charge is 2.59. The van der Waals surface area contributed by atoms with E-state index in [1.165, 1.54) is 4.90 Å². The second-order valence-electron chi connectivity index (χ2n) is 11.4. The Balaban J connectivity index is 2.46. The maximum atomic E-state index is 14.3. The molecule has 1 aliphatic heterocycles. The topological polar surface area (TPSA) is 227 Å². The zero-order chi connectivity index (χ0) is 33.4. The largest absolute Gasteiger partial charge is 0.458 e. The molecule has 1 aliphatic carbocycles. The summed E-state index contributed by atoms with van der Waals surface area (Å²) in [4.78, 5) is 101. The van der Waals surface area contributed by atoms with Crippen molar-refractivity contribution in [2.24, 2.45) is 11.7 Å². The van der Waals surface area contributed by atoms with Crippen molar-refractivity contribution in [2.75, 3.05) is 13.1 Å². The molecule has 2 aliphatic rings. The number of primary amides is 1. The molecule has 16 nitrogen and oxygen atoms in total. The Labute approximate surface area is 255 Å². The minimum atomic E-state index is -2.08. The van der Waals surface area contributed by atoms with Gasteiger partial charge >= 0.3 is 23.9 Å². The minimum absolute atomic E-state index is 0.0306. The summed E-state index contributed by atoms with van der Waals surface area (Å²) in [6.45, 7) is 7.65. The maximum absolute atomic E-state index is 14.3. The molecule has 0 unspecified atom stereocenters. The Morgan fingerprint density at radius 3 is 1.86 bits per heavy atom. The van der Waals surface area contributed by atoms with Crippen LogP contribution in [-0.4, -0.2) is 101 Å². The molecule has 1 saturated heterocycles. The Morgan fingerprint density at radius 2 is 1.41 bits per heavy atom. The molecule has 4 atom stereocenters. The van der Waals surface area contributed by atoms with Crippen LogP contribution < -0.4 is 16.4 Å². The summed E-state index contributed by atoms with van der Waals surface area (Å²) in [6.07, 6.45) is -4.14. The number of rotatable bonds is 12. The van der Waals surface area contributed by atoms with E-state index < -0.39 is 103 Å². The molecule has 0 aromatic carbocycles. The molecule has 246 valence electrons. The summed E-state index contributed by atoms with van der Waals surface area (Å²) in [5.41, 5.74) is 3.03. The molecule has 0 bridgehead atoms. The van der Waals surface area contributed by atoms with Crippen LogP contribution in [0, 0.1) is 5.92 Å². The number of nitrogens with zero attached hydrogens (tertiary/aromatic N) is 1. The van der Waals surface area contributed by atoms with Crippen molar-refractivity contribution < 1.29 is 57.3 Å². The first kappa shape index (κ1) is 36.0. The van der Waals surface area contributed by atoms with Crippen molar-refractivity contribution in [1.82, 2.24) is 15.5 Å². The highest BCUT2D eigenvalue weighted by molar-refractivity contribution is 5.96. The summed E-state index contributed by atoms with van der Waals surface area (Å²) in [5, 5.41) is 5.02. The average Bonchev–Trinajstić information content (AvgIpc) is 3.37. The first-order valence-electron chi connectivity index (χ1n) is 14.3. The Hall–Kier alpha value is -4.24. The lowest BCUT2D eigenvalue weighted by Gasteiger charge is -2.46. The molecule has 0 radical (unpaired) electrons. The van der Waals surface area contributed by atoms with Crippen molar-refractivity contribution in [2.45, 2.75) is 110 Å². The highest BCUT2D eigenvalue weighted by Crippen LogP contribution is 2.40. The SMILES string of the molecule is CC(=O)OC1[C@@H](OC(C)=O)CC(OC(C)=O)(C(=O)N2CCC[C@@H]2C(=O)N[C@H](CC(C)C)C(=O)NCC(N)=O)C[C@@H]1OC(C)=O. The molecule has 0 spiro atoms. The molecule has 0 aromatic heterocycles. The number of hydrogen-bond acceptors (Lipinski definition) is 12. The third-order valence-corrected chi connectivity index (χ3v) is 7.05. The van der Waals surface area contributed by atoms with Gasteiger partial charge in [0, 0.05) is 47.1 Å². The monoisotopic (exact) mass is 626 g/mol. The predicted octanol–water partition coefficient (Wildman–Crippen LogP) is -0.999. The molecule has 1 saturated carbocycles. The fraction of sp³-hybridized carbons (Fsp3) is 0.714. The Kier molecular flexibility index (Phi) is 12.6. The van der Waals surface area contributed by atoms with Gasteiger partial charge < -0.3 is 40.2 Å². The van der Waals surface area contributed by atoms with Crippen LogP contribution in [0.2, 0.25) is 0 Å². The number of carbonyl (C=O) groups excluding carboxylic acids is 8. The Bertz CT molecular complexity index is 1130. The first-order chi connectivity index (χ1) is 20.4. The van der Waals surface area contributed by atoms with Crippen LogP contribution in [0.5, 0.6) is 0 Å². The van der Waals surface area contributed by atoms with E-state index in [9.17, 15) is 38.4 Å². The van der Waals surface area contributed by atoms with E-state index in [2.05, 4.69) is 10.6 Å². The van der Waals surface area contributed by atoms with Crippen LogP contribution in [0.4, 0.5) is 0 Å². The normalized spacial score (nSPS) is 25.3. The first-order valence-corrected chi connectivity index (χ1v) is 14.3. The van der Waals surface area contributed by atoms with Crippen molar-refractivity contribution in [3.63, 3.8) is 0 Å². The number of nitrogens with one attached hydrogen (secondary N) is 2. The fourth-order valence-corrected chi connectivity index (χ4v) is 5.58. The molecule has 2 rings (SSSR count).